The van der Waals surface area contributed by atoms with E-state index < -0.39 is 10.8 Å². The van der Waals surface area contributed by atoms with E-state index in [1.54, 1.807) is 19.1 Å². The Morgan fingerprint density at radius 1 is 1.48 bits per heavy atom. The number of fused-ring (bicyclic) bond motifs is 1. The van der Waals surface area contributed by atoms with E-state index in [4.69, 9.17) is 0 Å². The summed E-state index contributed by atoms with van der Waals surface area (Å²) in [5.41, 5.74) is 4.22. The lowest BCUT2D eigenvalue weighted by molar-refractivity contribution is -0.385. The summed E-state index contributed by atoms with van der Waals surface area (Å²) in [6.45, 7) is 1.64. The number of allylic oxidation sites excluding steroid dienone is 2. The van der Waals surface area contributed by atoms with Crippen molar-refractivity contribution in [3.05, 3.63) is 51.6 Å². The zero-order valence-corrected chi connectivity index (χ0v) is 11.6. The highest BCUT2D eigenvalue weighted by molar-refractivity contribution is 5.98. The van der Waals surface area contributed by atoms with E-state index in [-0.39, 0.29) is 11.3 Å². The molecule has 1 aromatic carbocycles. The van der Waals surface area contributed by atoms with Crippen molar-refractivity contribution in [2.75, 3.05) is 0 Å². The van der Waals surface area contributed by atoms with Crippen molar-refractivity contribution >= 4 is 17.3 Å². The van der Waals surface area contributed by atoms with Gasteiger partial charge in [-0.1, -0.05) is 18.2 Å². The molecule has 1 fully saturated rings. The van der Waals surface area contributed by atoms with Gasteiger partial charge in [0.2, 0.25) is 0 Å². The second-order valence-corrected chi connectivity index (χ2v) is 5.44. The molecule has 0 aliphatic heterocycles. The summed E-state index contributed by atoms with van der Waals surface area (Å²) < 4.78 is 0. The first-order chi connectivity index (χ1) is 10.1. The third-order valence-electron chi connectivity index (χ3n) is 4.13. The number of nitrogens with zero attached hydrogens (tertiary/aromatic N) is 2. The lowest BCUT2D eigenvalue weighted by Gasteiger charge is -2.31. The third kappa shape index (κ3) is 2.44. The van der Waals surface area contributed by atoms with Gasteiger partial charge in [0.05, 0.1) is 4.92 Å². The van der Waals surface area contributed by atoms with Gasteiger partial charge in [-0.2, -0.15) is 5.10 Å². The minimum absolute atomic E-state index is 0.0565. The number of benzene rings is 1. The van der Waals surface area contributed by atoms with Crippen LogP contribution in [0.25, 0.3) is 0 Å². The predicted molar refractivity (Wildman–Crippen MR) is 78.1 cm³/mol. The number of nitrogens with one attached hydrogen (secondary N) is 1. The van der Waals surface area contributed by atoms with Crippen LogP contribution in [0.2, 0.25) is 0 Å². The maximum absolute atomic E-state index is 12.0. The Morgan fingerprint density at radius 3 is 3.00 bits per heavy atom. The quantitative estimate of drug-likeness (QED) is 0.526. The fraction of sp³-hybridized carbons (Fsp3) is 0.333. The molecule has 0 heterocycles. The Balaban J connectivity index is 1.70. The lowest BCUT2D eigenvalue weighted by Crippen LogP contribution is -2.35. The van der Waals surface area contributed by atoms with Crippen molar-refractivity contribution in [2.24, 2.45) is 16.9 Å². The van der Waals surface area contributed by atoms with Crippen molar-refractivity contribution < 1.29 is 9.72 Å². The standard InChI is InChI=1S/C15H15N3O3/c1-9-5-6-11(8-14(9)18(20)21)15(19)17-16-13-7-10-3-2-4-12(10)13/h2-3,5-6,8,10,12H,4,7H2,1H3,(H,17,19). The molecule has 2 aliphatic rings. The van der Waals surface area contributed by atoms with E-state index in [1.807, 2.05) is 0 Å². The molecule has 2 unspecified atom stereocenters. The molecule has 0 radical (unpaired) electrons. The fourth-order valence-electron chi connectivity index (χ4n) is 2.80. The number of hydrogen-bond acceptors (Lipinski definition) is 4. The number of carbonyl (C=O) groups is 1. The number of nitro benzene ring substituents is 1. The molecule has 0 bridgehead atoms. The minimum atomic E-state index is -0.487. The van der Waals surface area contributed by atoms with Gasteiger partial charge in [-0.15, -0.1) is 0 Å². The molecule has 1 N–H and O–H groups in total. The second kappa shape index (κ2) is 5.12. The molecule has 6 heteroatoms. The maximum atomic E-state index is 12.0. The van der Waals surface area contributed by atoms with Crippen LogP contribution < -0.4 is 5.43 Å². The zero-order valence-electron chi connectivity index (χ0n) is 11.6. The van der Waals surface area contributed by atoms with Crippen molar-refractivity contribution in [3.8, 4) is 0 Å². The Morgan fingerprint density at radius 2 is 2.29 bits per heavy atom. The number of hydrazone groups is 1. The van der Waals surface area contributed by atoms with E-state index in [0.717, 1.165) is 18.6 Å². The Hall–Kier alpha value is -2.50. The van der Waals surface area contributed by atoms with E-state index >= 15 is 0 Å². The van der Waals surface area contributed by atoms with E-state index in [9.17, 15) is 14.9 Å². The van der Waals surface area contributed by atoms with E-state index in [0.29, 0.717) is 17.4 Å². The average molecular weight is 285 g/mol. The summed E-state index contributed by atoms with van der Waals surface area (Å²) in [5, 5.41) is 15.0. The Bertz CT molecular complexity index is 679. The molecule has 1 amide bonds. The van der Waals surface area contributed by atoms with Gasteiger partial charge in [0, 0.05) is 28.8 Å². The van der Waals surface area contributed by atoms with Crippen molar-refractivity contribution in [1.29, 1.82) is 0 Å². The Kier molecular flexibility index (Phi) is 3.29. The molecule has 0 spiro atoms. The van der Waals surface area contributed by atoms with Crippen LogP contribution in [0, 0.1) is 28.9 Å². The SMILES string of the molecule is Cc1ccc(C(=O)NN=C2CC3C=CCC23)cc1[N+](=O)[O-]. The van der Waals surface area contributed by atoms with Gasteiger partial charge in [0.25, 0.3) is 11.6 Å². The van der Waals surface area contributed by atoms with Crippen LogP contribution in [0.15, 0.2) is 35.5 Å². The molecular formula is C15H15N3O3. The van der Waals surface area contributed by atoms with Crippen LogP contribution in [0.1, 0.15) is 28.8 Å². The highest BCUT2D eigenvalue weighted by Crippen LogP contribution is 2.40. The summed E-state index contributed by atoms with van der Waals surface area (Å²) in [6.07, 6.45) is 6.20. The topological polar surface area (TPSA) is 84.6 Å². The van der Waals surface area contributed by atoms with Crippen LogP contribution in [0.4, 0.5) is 5.69 Å². The molecule has 3 rings (SSSR count). The number of aryl methyl sites for hydroxylation is 1. The number of hydrogen-bond donors (Lipinski definition) is 1. The van der Waals surface area contributed by atoms with E-state index in [1.165, 1.54) is 6.07 Å². The molecule has 2 atom stereocenters. The van der Waals surface area contributed by atoms with Crippen LogP contribution in [-0.2, 0) is 0 Å². The minimum Gasteiger partial charge on any atom is -0.267 e. The van der Waals surface area contributed by atoms with Gasteiger partial charge in [-0.05, 0) is 31.7 Å². The van der Waals surface area contributed by atoms with Crippen LogP contribution >= 0.6 is 0 Å². The molecule has 108 valence electrons. The number of nitro groups is 1. The molecule has 6 nitrogen and oxygen atoms in total. The van der Waals surface area contributed by atoms with E-state index in [2.05, 4.69) is 22.7 Å². The van der Waals surface area contributed by atoms with Crippen LogP contribution in [0.3, 0.4) is 0 Å². The highest BCUT2D eigenvalue weighted by Gasteiger charge is 2.38. The van der Waals surface area contributed by atoms with Crippen molar-refractivity contribution in [1.82, 2.24) is 5.43 Å². The van der Waals surface area contributed by atoms with Crippen molar-refractivity contribution in [3.63, 3.8) is 0 Å². The summed E-state index contributed by atoms with van der Waals surface area (Å²) in [6, 6.07) is 4.42. The number of rotatable bonds is 3. The van der Waals surface area contributed by atoms with Crippen LogP contribution in [0.5, 0.6) is 0 Å². The highest BCUT2D eigenvalue weighted by atomic mass is 16.6. The number of amides is 1. The molecule has 0 saturated heterocycles. The lowest BCUT2D eigenvalue weighted by atomic mass is 9.74. The molecule has 0 aromatic heterocycles. The molecular weight excluding hydrogens is 270 g/mol. The van der Waals surface area contributed by atoms with Crippen molar-refractivity contribution in [2.45, 2.75) is 19.8 Å². The summed E-state index contributed by atoms with van der Waals surface area (Å²) in [7, 11) is 0. The summed E-state index contributed by atoms with van der Waals surface area (Å²) in [4.78, 5) is 22.4. The molecule has 1 aromatic rings. The maximum Gasteiger partial charge on any atom is 0.273 e. The zero-order chi connectivity index (χ0) is 15.0. The first-order valence-corrected chi connectivity index (χ1v) is 6.85. The first-order valence-electron chi connectivity index (χ1n) is 6.85. The smallest absolute Gasteiger partial charge is 0.267 e. The van der Waals surface area contributed by atoms with Crippen LogP contribution in [-0.4, -0.2) is 16.5 Å². The monoisotopic (exact) mass is 285 g/mol. The molecule has 2 aliphatic carbocycles. The van der Waals surface area contributed by atoms with Gasteiger partial charge in [-0.25, -0.2) is 5.43 Å². The van der Waals surface area contributed by atoms with Gasteiger partial charge >= 0.3 is 0 Å². The normalized spacial score (nSPS) is 24.5. The second-order valence-electron chi connectivity index (χ2n) is 5.44. The van der Waals surface area contributed by atoms with Gasteiger partial charge in [0.1, 0.15) is 0 Å². The third-order valence-corrected chi connectivity index (χ3v) is 4.13. The summed E-state index contributed by atoms with van der Waals surface area (Å²) in [5.74, 6) is 0.582. The number of carbonyl (C=O) groups excluding carboxylic acids is 1. The van der Waals surface area contributed by atoms with Gasteiger partial charge < -0.3 is 0 Å². The largest absolute Gasteiger partial charge is 0.273 e. The molecule has 21 heavy (non-hydrogen) atoms. The summed E-state index contributed by atoms with van der Waals surface area (Å²) >= 11 is 0. The predicted octanol–water partition coefficient (Wildman–Crippen LogP) is 2.59. The molecule has 1 saturated carbocycles. The first kappa shape index (κ1) is 13.5. The van der Waals surface area contributed by atoms with Gasteiger partial charge in [-0.3, -0.25) is 14.9 Å². The average Bonchev–Trinajstić information content (AvgIpc) is 2.80. The Labute approximate surface area is 121 Å². The fourth-order valence-corrected chi connectivity index (χ4v) is 2.80. The van der Waals surface area contributed by atoms with Gasteiger partial charge in [0.15, 0.2) is 0 Å².